The summed E-state index contributed by atoms with van der Waals surface area (Å²) in [5, 5.41) is 2.58. The van der Waals surface area contributed by atoms with E-state index < -0.39 is 27.5 Å². The van der Waals surface area contributed by atoms with Crippen molar-refractivity contribution in [3.05, 3.63) is 71.8 Å². The number of benzene rings is 2. The predicted octanol–water partition coefficient (Wildman–Crippen LogP) is 3.25. The van der Waals surface area contributed by atoms with Gasteiger partial charge in [-0.25, -0.2) is 13.2 Å². The van der Waals surface area contributed by atoms with Crippen LogP contribution < -0.4 is 5.32 Å². The fourth-order valence-corrected chi connectivity index (χ4v) is 3.84. The van der Waals surface area contributed by atoms with E-state index >= 15 is 0 Å². The number of carbonyl (C=O) groups is 2. The van der Waals surface area contributed by atoms with Crippen LogP contribution in [0, 0.1) is 0 Å². The molecule has 1 amide bonds. The number of carbonyl (C=O) groups excluding carboxylic acids is 2. The summed E-state index contributed by atoms with van der Waals surface area (Å²) < 4.78 is 29.1. The van der Waals surface area contributed by atoms with Crippen LogP contribution in [0.15, 0.2) is 60.7 Å². The molecule has 0 aliphatic rings. The fraction of sp³-hybridized carbons (Fsp3) is 0.273. The van der Waals surface area contributed by atoms with Gasteiger partial charge in [0, 0.05) is 11.8 Å². The predicted molar refractivity (Wildman–Crippen MR) is 114 cm³/mol. The van der Waals surface area contributed by atoms with Crippen LogP contribution in [0.2, 0.25) is 0 Å². The molecule has 29 heavy (non-hydrogen) atoms. The smallest absolute Gasteiger partial charge is 0.330 e. The number of esters is 1. The molecule has 0 heterocycles. The Morgan fingerprint density at radius 1 is 1.03 bits per heavy atom. The molecule has 0 atom stereocenters. The lowest BCUT2D eigenvalue weighted by atomic mass is 10.1. The van der Waals surface area contributed by atoms with Crippen LogP contribution in [0.3, 0.4) is 0 Å². The zero-order chi connectivity index (χ0) is 21.1. The van der Waals surface area contributed by atoms with Crippen LogP contribution in [0.5, 0.6) is 0 Å². The second-order valence-corrected chi connectivity index (χ2v) is 8.62. The molecule has 6 nitrogen and oxygen atoms in total. The van der Waals surface area contributed by atoms with Crippen LogP contribution in [0.1, 0.15) is 24.5 Å². The minimum Gasteiger partial charge on any atom is -0.463 e. The molecular formula is C22H25NO5S. The molecule has 154 valence electrons. The van der Waals surface area contributed by atoms with Gasteiger partial charge in [0.15, 0.2) is 9.84 Å². The van der Waals surface area contributed by atoms with E-state index in [1.807, 2.05) is 30.3 Å². The highest BCUT2D eigenvalue weighted by Crippen LogP contribution is 2.12. The van der Waals surface area contributed by atoms with Gasteiger partial charge in [-0.2, -0.15) is 0 Å². The van der Waals surface area contributed by atoms with E-state index in [0.717, 1.165) is 11.1 Å². The molecule has 0 radical (unpaired) electrons. The molecular weight excluding hydrogens is 390 g/mol. The number of amides is 1. The first-order chi connectivity index (χ1) is 13.9. The van der Waals surface area contributed by atoms with Gasteiger partial charge >= 0.3 is 5.97 Å². The van der Waals surface area contributed by atoms with Crippen LogP contribution in [-0.4, -0.2) is 38.4 Å². The number of hydrogen-bond donors (Lipinski definition) is 1. The first kappa shape index (κ1) is 22.4. The number of nitrogens with one attached hydrogen (secondary N) is 1. The van der Waals surface area contributed by atoms with Gasteiger partial charge in [0.2, 0.25) is 5.91 Å². The van der Waals surface area contributed by atoms with Crippen LogP contribution in [0.4, 0.5) is 5.69 Å². The van der Waals surface area contributed by atoms with Crippen LogP contribution in [-0.2, 0) is 30.6 Å². The zero-order valence-electron chi connectivity index (χ0n) is 16.3. The Labute approximate surface area is 171 Å². The maximum absolute atomic E-state index is 12.2. The van der Waals surface area contributed by atoms with Crippen molar-refractivity contribution in [2.45, 2.75) is 19.8 Å². The van der Waals surface area contributed by atoms with Crippen molar-refractivity contribution >= 4 is 33.5 Å². The molecule has 0 saturated heterocycles. The summed E-state index contributed by atoms with van der Waals surface area (Å²) in [4.78, 5) is 23.4. The standard InChI is InChI=1S/C22H25NO5S/c1-2-28-22(25)15-12-19-10-13-20(14-11-19)23-21(24)17-29(26,27)16-6-9-18-7-4-3-5-8-18/h3-5,7-8,10-15H,2,6,9,16-17H2,1H3,(H,23,24)/b15-12+. The maximum Gasteiger partial charge on any atom is 0.330 e. The molecule has 7 heteroatoms. The van der Waals surface area contributed by atoms with Crippen LogP contribution >= 0.6 is 0 Å². The van der Waals surface area contributed by atoms with Gasteiger partial charge < -0.3 is 10.1 Å². The molecule has 2 aromatic carbocycles. The van der Waals surface area contributed by atoms with Crippen molar-refractivity contribution in [2.24, 2.45) is 0 Å². The van der Waals surface area contributed by atoms with Crippen molar-refractivity contribution in [3.8, 4) is 0 Å². The lowest BCUT2D eigenvalue weighted by Crippen LogP contribution is -2.24. The second-order valence-electron chi connectivity index (χ2n) is 6.44. The minimum absolute atomic E-state index is 0.0348. The number of anilines is 1. The second kappa shape index (κ2) is 11.2. The van der Waals surface area contributed by atoms with E-state index in [-0.39, 0.29) is 5.75 Å². The summed E-state index contributed by atoms with van der Waals surface area (Å²) in [5.74, 6) is -1.58. The number of aryl methyl sites for hydroxylation is 1. The molecule has 2 aromatic rings. The van der Waals surface area contributed by atoms with Crippen molar-refractivity contribution in [3.63, 3.8) is 0 Å². The monoisotopic (exact) mass is 415 g/mol. The summed E-state index contributed by atoms with van der Waals surface area (Å²) in [5.41, 5.74) is 2.32. The number of hydrogen-bond acceptors (Lipinski definition) is 5. The lowest BCUT2D eigenvalue weighted by Gasteiger charge is -2.07. The Balaban J connectivity index is 1.80. The summed E-state index contributed by atoms with van der Waals surface area (Å²) in [7, 11) is -3.48. The van der Waals surface area contributed by atoms with Crippen molar-refractivity contribution in [2.75, 3.05) is 23.4 Å². The molecule has 0 unspecified atom stereocenters. The molecule has 0 aliphatic heterocycles. The summed E-state index contributed by atoms with van der Waals surface area (Å²) in [6.45, 7) is 2.04. The van der Waals surface area contributed by atoms with E-state index in [0.29, 0.717) is 25.1 Å². The zero-order valence-corrected chi connectivity index (χ0v) is 17.2. The molecule has 0 fully saturated rings. The Kier molecular flexibility index (Phi) is 8.61. The highest BCUT2D eigenvalue weighted by molar-refractivity contribution is 7.92. The van der Waals surface area contributed by atoms with Crippen LogP contribution in [0.25, 0.3) is 6.08 Å². The summed E-state index contributed by atoms with van der Waals surface area (Å²) in [6, 6.07) is 16.3. The van der Waals surface area contributed by atoms with Gasteiger partial charge in [-0.3, -0.25) is 4.79 Å². The van der Waals surface area contributed by atoms with Gasteiger partial charge in [-0.15, -0.1) is 0 Å². The SMILES string of the molecule is CCOC(=O)/C=C/c1ccc(NC(=O)CS(=O)(=O)CCCc2ccccc2)cc1. The largest absolute Gasteiger partial charge is 0.463 e. The van der Waals surface area contributed by atoms with Gasteiger partial charge in [-0.05, 0) is 49.1 Å². The topological polar surface area (TPSA) is 89.5 Å². The third-order valence-electron chi connectivity index (χ3n) is 4.01. The molecule has 0 bridgehead atoms. The Morgan fingerprint density at radius 3 is 2.38 bits per heavy atom. The molecule has 1 N–H and O–H groups in total. The normalized spacial score (nSPS) is 11.3. The summed E-state index contributed by atoms with van der Waals surface area (Å²) >= 11 is 0. The quantitative estimate of drug-likeness (QED) is 0.475. The van der Waals surface area contributed by atoms with E-state index in [1.165, 1.54) is 6.08 Å². The Bertz CT molecular complexity index is 935. The van der Waals surface area contributed by atoms with Gasteiger partial charge in [0.25, 0.3) is 0 Å². The minimum atomic E-state index is -3.48. The highest BCUT2D eigenvalue weighted by Gasteiger charge is 2.16. The average Bonchev–Trinajstić information content (AvgIpc) is 2.68. The maximum atomic E-state index is 12.2. The first-order valence-electron chi connectivity index (χ1n) is 9.37. The Morgan fingerprint density at radius 2 is 1.72 bits per heavy atom. The van der Waals surface area contributed by atoms with Crippen molar-refractivity contribution in [1.29, 1.82) is 0 Å². The number of ether oxygens (including phenoxy) is 1. The van der Waals surface area contributed by atoms with E-state index in [9.17, 15) is 18.0 Å². The third-order valence-corrected chi connectivity index (χ3v) is 5.62. The van der Waals surface area contributed by atoms with Crippen molar-refractivity contribution in [1.82, 2.24) is 0 Å². The number of sulfone groups is 1. The van der Waals surface area contributed by atoms with E-state index in [1.54, 1.807) is 37.3 Å². The fourth-order valence-electron chi connectivity index (χ4n) is 2.64. The highest BCUT2D eigenvalue weighted by atomic mass is 32.2. The van der Waals surface area contributed by atoms with Gasteiger partial charge in [0.1, 0.15) is 5.75 Å². The first-order valence-corrected chi connectivity index (χ1v) is 11.2. The molecule has 0 aromatic heterocycles. The number of rotatable bonds is 10. The van der Waals surface area contributed by atoms with Gasteiger partial charge in [-0.1, -0.05) is 42.5 Å². The Hall–Kier alpha value is -2.93. The van der Waals surface area contributed by atoms with Crippen molar-refractivity contribution < 1.29 is 22.7 Å². The molecule has 0 aliphatic carbocycles. The van der Waals surface area contributed by atoms with E-state index in [4.69, 9.17) is 4.74 Å². The third kappa shape index (κ3) is 8.74. The lowest BCUT2D eigenvalue weighted by molar-refractivity contribution is -0.137. The molecule has 0 saturated carbocycles. The van der Waals surface area contributed by atoms with E-state index in [2.05, 4.69) is 5.32 Å². The molecule has 2 rings (SSSR count). The van der Waals surface area contributed by atoms with Gasteiger partial charge in [0.05, 0.1) is 12.4 Å². The average molecular weight is 416 g/mol. The summed E-state index contributed by atoms with van der Waals surface area (Å²) in [6.07, 6.45) is 4.05. The molecule has 0 spiro atoms.